The van der Waals surface area contributed by atoms with E-state index in [0.29, 0.717) is 10.6 Å². The quantitative estimate of drug-likeness (QED) is 0.580. The molecule has 0 aliphatic carbocycles. The molecule has 170 valence electrons. The average molecular weight is 480 g/mol. The van der Waals surface area contributed by atoms with Crippen molar-refractivity contribution in [3.8, 4) is 0 Å². The van der Waals surface area contributed by atoms with Crippen molar-refractivity contribution in [2.75, 3.05) is 26.7 Å². The second-order valence-corrected chi connectivity index (χ2v) is 9.45. The number of ether oxygens (including phenoxy) is 1. The average Bonchev–Trinajstić information content (AvgIpc) is 2.79. The van der Waals surface area contributed by atoms with Crippen molar-refractivity contribution in [3.05, 3.63) is 64.7 Å². The maximum Gasteiger partial charge on any atom is 0.307 e. The van der Waals surface area contributed by atoms with Crippen molar-refractivity contribution in [2.45, 2.75) is 17.4 Å². The second-order valence-electron chi connectivity index (χ2n) is 7.07. The van der Waals surface area contributed by atoms with Gasteiger partial charge >= 0.3 is 5.97 Å². The molecule has 1 atom stereocenters. The predicted molar refractivity (Wildman–Crippen MR) is 117 cm³/mol. The number of rotatable bonds is 7. The Morgan fingerprint density at radius 1 is 1.22 bits per heavy atom. The maximum atomic E-state index is 12.9. The Morgan fingerprint density at radius 3 is 2.59 bits per heavy atom. The van der Waals surface area contributed by atoms with Crippen LogP contribution in [0.15, 0.2) is 53.4 Å². The van der Waals surface area contributed by atoms with Gasteiger partial charge in [0, 0.05) is 23.7 Å². The normalized spacial score (nSPS) is 15.5. The summed E-state index contributed by atoms with van der Waals surface area (Å²) >= 11 is 5.92. The molecule has 1 unspecified atom stereocenters. The number of methoxy groups -OCH3 is 1. The number of benzene rings is 2. The fraction of sp³-hybridized carbons (Fsp3) is 0.286. The summed E-state index contributed by atoms with van der Waals surface area (Å²) < 4.78 is 31.6. The summed E-state index contributed by atoms with van der Waals surface area (Å²) in [7, 11) is -2.71. The molecule has 1 fully saturated rings. The van der Waals surface area contributed by atoms with Gasteiger partial charge in [0.05, 0.1) is 31.0 Å². The van der Waals surface area contributed by atoms with E-state index in [9.17, 15) is 22.8 Å². The molecular weight excluding hydrogens is 458 g/mol. The molecule has 2 aromatic carbocycles. The van der Waals surface area contributed by atoms with Crippen LogP contribution in [-0.2, 0) is 24.3 Å². The van der Waals surface area contributed by atoms with Crippen molar-refractivity contribution in [1.29, 1.82) is 0 Å². The van der Waals surface area contributed by atoms with Crippen LogP contribution in [0.4, 0.5) is 0 Å². The number of hydrogen-bond acceptors (Lipinski definition) is 6. The van der Waals surface area contributed by atoms with E-state index in [1.54, 1.807) is 24.3 Å². The minimum Gasteiger partial charge on any atom is -0.469 e. The number of sulfonamides is 1. The third-order valence-corrected chi connectivity index (χ3v) is 7.01. The summed E-state index contributed by atoms with van der Waals surface area (Å²) in [4.78, 5) is 36.2. The molecule has 32 heavy (non-hydrogen) atoms. The molecule has 3 rings (SSSR count). The summed E-state index contributed by atoms with van der Waals surface area (Å²) in [5, 5.41) is 5.82. The molecule has 0 spiro atoms. The SMILES string of the molecule is COC(=O)CC(NC(=O)c1cccc(S(=O)(=O)N2CCNC(=O)C2)c1)c1ccc(Cl)cc1. The first-order chi connectivity index (χ1) is 15.2. The Morgan fingerprint density at radius 2 is 1.94 bits per heavy atom. The molecule has 2 amide bonds. The van der Waals surface area contributed by atoms with E-state index in [0.717, 1.165) is 4.31 Å². The van der Waals surface area contributed by atoms with E-state index >= 15 is 0 Å². The van der Waals surface area contributed by atoms with Crippen LogP contribution >= 0.6 is 11.6 Å². The van der Waals surface area contributed by atoms with Crippen molar-refractivity contribution in [3.63, 3.8) is 0 Å². The zero-order valence-corrected chi connectivity index (χ0v) is 18.8. The van der Waals surface area contributed by atoms with Gasteiger partial charge in [0.15, 0.2) is 0 Å². The van der Waals surface area contributed by atoms with Crippen molar-refractivity contribution < 1.29 is 27.5 Å². The topological polar surface area (TPSA) is 122 Å². The Hall–Kier alpha value is -2.95. The third kappa shape index (κ3) is 5.64. The predicted octanol–water partition coefficient (Wildman–Crippen LogP) is 1.49. The van der Waals surface area contributed by atoms with E-state index in [4.69, 9.17) is 16.3 Å². The summed E-state index contributed by atoms with van der Waals surface area (Å²) in [6.07, 6.45) is -0.120. The highest BCUT2D eigenvalue weighted by Crippen LogP contribution is 2.22. The first-order valence-corrected chi connectivity index (χ1v) is 11.5. The Labute approximate surface area is 190 Å². The molecule has 9 nitrogen and oxygen atoms in total. The van der Waals surface area contributed by atoms with Gasteiger partial charge in [-0.3, -0.25) is 14.4 Å². The first kappa shape index (κ1) is 23.7. The zero-order valence-electron chi connectivity index (χ0n) is 17.2. The lowest BCUT2D eigenvalue weighted by Crippen LogP contribution is -2.49. The molecule has 1 aliphatic heterocycles. The lowest BCUT2D eigenvalue weighted by atomic mass is 10.0. The van der Waals surface area contributed by atoms with Crippen LogP contribution in [0.1, 0.15) is 28.4 Å². The van der Waals surface area contributed by atoms with Gasteiger partial charge in [0.2, 0.25) is 15.9 Å². The number of carbonyl (C=O) groups is 3. The Balaban J connectivity index is 1.83. The summed E-state index contributed by atoms with van der Waals surface area (Å²) in [5.41, 5.74) is 0.729. The van der Waals surface area contributed by atoms with Crippen LogP contribution in [0.25, 0.3) is 0 Å². The number of hydrogen-bond donors (Lipinski definition) is 2. The number of carbonyl (C=O) groups excluding carboxylic acids is 3. The molecule has 0 bridgehead atoms. The van der Waals surface area contributed by atoms with Gasteiger partial charge in [-0.05, 0) is 35.9 Å². The van der Waals surface area contributed by atoms with Crippen LogP contribution in [0.5, 0.6) is 0 Å². The van der Waals surface area contributed by atoms with Crippen LogP contribution in [0.3, 0.4) is 0 Å². The number of amides is 2. The van der Waals surface area contributed by atoms with Crippen molar-refractivity contribution in [1.82, 2.24) is 14.9 Å². The molecule has 1 heterocycles. The minimum absolute atomic E-state index is 0.0939. The van der Waals surface area contributed by atoms with Crippen molar-refractivity contribution in [2.24, 2.45) is 0 Å². The van der Waals surface area contributed by atoms with E-state index in [1.165, 1.54) is 31.4 Å². The molecule has 2 aromatic rings. The fourth-order valence-electron chi connectivity index (χ4n) is 3.21. The molecule has 1 saturated heterocycles. The van der Waals surface area contributed by atoms with E-state index < -0.39 is 27.9 Å². The minimum atomic E-state index is -3.96. The van der Waals surface area contributed by atoms with Crippen LogP contribution in [0.2, 0.25) is 5.02 Å². The van der Waals surface area contributed by atoms with Gasteiger partial charge in [0.25, 0.3) is 5.91 Å². The maximum absolute atomic E-state index is 12.9. The van der Waals surface area contributed by atoms with Gasteiger partial charge in [0.1, 0.15) is 0 Å². The molecule has 0 saturated carbocycles. The lowest BCUT2D eigenvalue weighted by molar-refractivity contribution is -0.141. The second kappa shape index (κ2) is 10.1. The fourth-order valence-corrected chi connectivity index (χ4v) is 4.78. The number of nitrogens with one attached hydrogen (secondary N) is 2. The first-order valence-electron chi connectivity index (χ1n) is 9.71. The monoisotopic (exact) mass is 479 g/mol. The number of esters is 1. The van der Waals surface area contributed by atoms with Gasteiger partial charge in [-0.2, -0.15) is 4.31 Å². The Bertz CT molecular complexity index is 1120. The highest BCUT2D eigenvalue weighted by atomic mass is 35.5. The van der Waals surface area contributed by atoms with Crippen LogP contribution < -0.4 is 10.6 Å². The van der Waals surface area contributed by atoms with Gasteiger partial charge in [-0.15, -0.1) is 0 Å². The standard InChI is InChI=1S/C21H22ClN3O6S/c1-31-20(27)12-18(14-5-7-16(22)8-6-14)24-21(28)15-3-2-4-17(11-15)32(29,30)25-10-9-23-19(26)13-25/h2-8,11,18H,9-10,12-13H2,1H3,(H,23,26)(H,24,28). The molecule has 11 heteroatoms. The van der Waals surface area contributed by atoms with Crippen LogP contribution in [-0.4, -0.2) is 57.3 Å². The number of halogens is 1. The van der Waals surface area contributed by atoms with E-state index in [2.05, 4.69) is 10.6 Å². The molecule has 0 radical (unpaired) electrons. The largest absolute Gasteiger partial charge is 0.469 e. The molecule has 0 aromatic heterocycles. The smallest absolute Gasteiger partial charge is 0.307 e. The molecule has 2 N–H and O–H groups in total. The zero-order chi connectivity index (χ0) is 23.3. The summed E-state index contributed by atoms with van der Waals surface area (Å²) in [5.74, 6) is -1.48. The van der Waals surface area contributed by atoms with E-state index in [-0.39, 0.29) is 42.4 Å². The summed E-state index contributed by atoms with van der Waals surface area (Å²) in [6.45, 7) is 0.0767. The van der Waals surface area contributed by atoms with E-state index in [1.807, 2.05) is 0 Å². The summed E-state index contributed by atoms with van der Waals surface area (Å²) in [6, 6.07) is 11.4. The van der Waals surface area contributed by atoms with Crippen molar-refractivity contribution >= 4 is 39.4 Å². The highest BCUT2D eigenvalue weighted by Gasteiger charge is 2.30. The molecule has 1 aliphatic rings. The van der Waals surface area contributed by atoms with Gasteiger partial charge in [-0.1, -0.05) is 29.8 Å². The molecular formula is C21H22ClN3O6S. The Kier molecular flexibility index (Phi) is 7.49. The van der Waals surface area contributed by atoms with Gasteiger partial charge in [-0.25, -0.2) is 8.42 Å². The number of nitrogens with zero attached hydrogens (tertiary/aromatic N) is 1. The highest BCUT2D eigenvalue weighted by molar-refractivity contribution is 7.89. The van der Waals surface area contributed by atoms with Crippen LogP contribution in [0, 0.1) is 0 Å². The van der Waals surface area contributed by atoms with Gasteiger partial charge < -0.3 is 15.4 Å². The third-order valence-electron chi connectivity index (χ3n) is 4.91. The lowest BCUT2D eigenvalue weighted by Gasteiger charge is -2.26. The number of piperazine rings is 1.